The van der Waals surface area contributed by atoms with E-state index in [-0.39, 0.29) is 11.5 Å². The van der Waals surface area contributed by atoms with E-state index in [9.17, 15) is 8.78 Å². The van der Waals surface area contributed by atoms with Crippen molar-refractivity contribution >= 4 is 5.69 Å². The summed E-state index contributed by atoms with van der Waals surface area (Å²) in [6.07, 6.45) is 1.05. The molecule has 0 amide bonds. The number of aromatic nitrogens is 3. The fourth-order valence-corrected chi connectivity index (χ4v) is 1.23. The molecule has 2 rings (SSSR count). The van der Waals surface area contributed by atoms with E-state index in [1.54, 1.807) is 6.07 Å². The Labute approximate surface area is 88.7 Å². The monoisotopic (exact) mass is 221 g/mol. The van der Waals surface area contributed by atoms with Gasteiger partial charge < -0.3 is 5.73 Å². The molecule has 1 aromatic heterocycles. The van der Waals surface area contributed by atoms with Crippen molar-refractivity contribution in [2.45, 2.75) is 0 Å². The van der Waals surface area contributed by atoms with Crippen LogP contribution < -0.4 is 5.73 Å². The summed E-state index contributed by atoms with van der Waals surface area (Å²) in [6.45, 7) is 0. The first-order chi connectivity index (χ1) is 7.61. The van der Waals surface area contributed by atoms with Gasteiger partial charge in [-0.2, -0.15) is 5.26 Å². The van der Waals surface area contributed by atoms with Crippen LogP contribution in [-0.4, -0.2) is 14.8 Å². The minimum atomic E-state index is -0.869. The quantitative estimate of drug-likeness (QED) is 0.728. The third-order valence-electron chi connectivity index (χ3n) is 1.86. The zero-order valence-corrected chi connectivity index (χ0v) is 7.85. The lowest BCUT2D eigenvalue weighted by molar-refractivity contribution is 0.560. The summed E-state index contributed by atoms with van der Waals surface area (Å²) in [6, 6.07) is 3.58. The highest BCUT2D eigenvalue weighted by atomic mass is 19.1. The average molecular weight is 221 g/mol. The average Bonchev–Trinajstić information content (AvgIpc) is 2.64. The topological polar surface area (TPSA) is 80.5 Å². The van der Waals surface area contributed by atoms with Crippen LogP contribution in [0.3, 0.4) is 0 Å². The number of rotatable bonds is 1. The Balaban J connectivity index is 2.60. The smallest absolute Gasteiger partial charge is 0.252 e. The highest BCUT2D eigenvalue weighted by Gasteiger charge is 2.14. The van der Waals surface area contributed by atoms with Crippen LogP contribution in [0.5, 0.6) is 0 Å². The lowest BCUT2D eigenvalue weighted by atomic mass is 10.2. The van der Waals surface area contributed by atoms with E-state index in [1.807, 2.05) is 0 Å². The Hall–Kier alpha value is -2.49. The summed E-state index contributed by atoms with van der Waals surface area (Å²) in [4.78, 5) is 3.54. The number of benzene rings is 1. The van der Waals surface area contributed by atoms with Gasteiger partial charge in [0.2, 0.25) is 0 Å². The highest BCUT2D eigenvalue weighted by molar-refractivity contribution is 5.47. The van der Waals surface area contributed by atoms with Crippen molar-refractivity contribution in [3.8, 4) is 11.8 Å². The minimum absolute atomic E-state index is 0.0284. The van der Waals surface area contributed by atoms with Crippen LogP contribution >= 0.6 is 0 Å². The van der Waals surface area contributed by atoms with Gasteiger partial charge in [-0.15, -0.1) is 5.10 Å². The van der Waals surface area contributed by atoms with Gasteiger partial charge in [0.25, 0.3) is 5.82 Å². The van der Waals surface area contributed by atoms with Crippen LogP contribution in [0.25, 0.3) is 5.69 Å². The van der Waals surface area contributed by atoms with Crippen LogP contribution in [0.4, 0.5) is 14.5 Å². The van der Waals surface area contributed by atoms with Crippen molar-refractivity contribution in [2.24, 2.45) is 0 Å². The lowest BCUT2D eigenvalue weighted by Crippen LogP contribution is -2.03. The summed E-state index contributed by atoms with van der Waals surface area (Å²) in [5.74, 6) is -1.91. The van der Waals surface area contributed by atoms with E-state index in [0.717, 1.165) is 23.1 Å². The maximum absolute atomic E-state index is 13.4. The van der Waals surface area contributed by atoms with Crippen LogP contribution in [0.1, 0.15) is 5.82 Å². The molecule has 0 saturated carbocycles. The number of nitrogens with zero attached hydrogens (tertiary/aromatic N) is 4. The first kappa shape index (κ1) is 10.0. The Morgan fingerprint density at radius 1 is 1.31 bits per heavy atom. The molecule has 0 atom stereocenters. The molecule has 0 aliphatic heterocycles. The van der Waals surface area contributed by atoms with Crippen molar-refractivity contribution in [3.63, 3.8) is 0 Å². The van der Waals surface area contributed by atoms with Crippen molar-refractivity contribution in [1.29, 1.82) is 5.26 Å². The molecule has 7 heteroatoms. The Bertz CT molecular complexity index is 561. The molecule has 5 nitrogen and oxygen atoms in total. The van der Waals surface area contributed by atoms with E-state index >= 15 is 0 Å². The minimum Gasteiger partial charge on any atom is -0.399 e. The van der Waals surface area contributed by atoms with Crippen molar-refractivity contribution in [3.05, 3.63) is 35.9 Å². The van der Waals surface area contributed by atoms with E-state index < -0.39 is 17.3 Å². The standard InChI is InChI=1S/C9H5F2N5/c10-6-1-5(13)2-7(11)9(6)16-4-14-8(3-12)15-16/h1-2,4H,13H2. The van der Waals surface area contributed by atoms with Crippen LogP contribution in [0, 0.1) is 23.0 Å². The summed E-state index contributed by atoms with van der Waals surface area (Å²) in [5, 5.41) is 12.1. The number of nitrogen functional groups attached to an aromatic ring is 1. The molecule has 1 aromatic carbocycles. The second kappa shape index (κ2) is 3.58. The van der Waals surface area contributed by atoms with Crippen LogP contribution in [-0.2, 0) is 0 Å². The van der Waals surface area contributed by atoms with Gasteiger partial charge in [0.15, 0.2) is 11.6 Å². The number of nitriles is 1. The number of hydrogen-bond donors (Lipinski definition) is 1. The van der Waals surface area contributed by atoms with Crippen molar-refractivity contribution in [2.75, 3.05) is 5.73 Å². The summed E-state index contributed by atoms with van der Waals surface area (Å²) < 4.78 is 27.7. The van der Waals surface area contributed by atoms with E-state index in [4.69, 9.17) is 11.0 Å². The summed E-state index contributed by atoms with van der Waals surface area (Å²) in [7, 11) is 0. The van der Waals surface area contributed by atoms with E-state index in [1.165, 1.54) is 0 Å². The molecule has 16 heavy (non-hydrogen) atoms. The zero-order valence-electron chi connectivity index (χ0n) is 7.85. The molecule has 80 valence electrons. The molecule has 0 aliphatic rings. The fourth-order valence-electron chi connectivity index (χ4n) is 1.23. The first-order valence-corrected chi connectivity index (χ1v) is 4.18. The van der Waals surface area contributed by atoms with Gasteiger partial charge in [-0.3, -0.25) is 0 Å². The zero-order chi connectivity index (χ0) is 11.7. The van der Waals surface area contributed by atoms with Crippen molar-refractivity contribution in [1.82, 2.24) is 14.8 Å². The lowest BCUT2D eigenvalue weighted by Gasteiger charge is -2.04. The van der Waals surface area contributed by atoms with Crippen LogP contribution in [0.2, 0.25) is 0 Å². The molecular weight excluding hydrogens is 216 g/mol. The number of nitrogens with two attached hydrogens (primary N) is 1. The molecule has 0 unspecified atom stereocenters. The normalized spacial score (nSPS) is 10.1. The van der Waals surface area contributed by atoms with Gasteiger partial charge >= 0.3 is 0 Å². The first-order valence-electron chi connectivity index (χ1n) is 4.18. The number of anilines is 1. The van der Waals surface area contributed by atoms with Gasteiger partial charge in [-0.05, 0) is 12.1 Å². The number of hydrogen-bond acceptors (Lipinski definition) is 4. The maximum atomic E-state index is 13.4. The van der Waals surface area contributed by atoms with Crippen LogP contribution in [0.15, 0.2) is 18.5 Å². The molecule has 0 spiro atoms. The van der Waals surface area contributed by atoms with Crippen molar-refractivity contribution < 1.29 is 8.78 Å². The van der Waals surface area contributed by atoms with E-state index in [2.05, 4.69) is 10.1 Å². The largest absolute Gasteiger partial charge is 0.399 e. The molecule has 0 saturated heterocycles. The second-order valence-corrected chi connectivity index (χ2v) is 2.96. The summed E-state index contributed by atoms with van der Waals surface area (Å²) in [5.41, 5.74) is 4.82. The highest BCUT2D eigenvalue weighted by Crippen LogP contribution is 2.19. The predicted octanol–water partition coefficient (Wildman–Crippen LogP) is 0.999. The molecular formula is C9H5F2N5. The molecule has 0 aliphatic carbocycles. The molecule has 2 N–H and O–H groups in total. The Morgan fingerprint density at radius 3 is 2.44 bits per heavy atom. The van der Waals surface area contributed by atoms with Gasteiger partial charge in [0.1, 0.15) is 18.1 Å². The van der Waals surface area contributed by atoms with E-state index in [0.29, 0.717) is 0 Å². The number of halogens is 2. The molecule has 0 radical (unpaired) electrons. The predicted molar refractivity (Wildman–Crippen MR) is 50.4 cm³/mol. The maximum Gasteiger partial charge on any atom is 0.252 e. The third kappa shape index (κ3) is 1.56. The molecule has 2 aromatic rings. The molecule has 0 fully saturated rings. The Kier molecular flexibility index (Phi) is 2.25. The molecule has 1 heterocycles. The SMILES string of the molecule is N#Cc1ncn(-c2c(F)cc(N)cc2F)n1. The summed E-state index contributed by atoms with van der Waals surface area (Å²) >= 11 is 0. The van der Waals surface area contributed by atoms with Gasteiger partial charge in [-0.1, -0.05) is 0 Å². The third-order valence-corrected chi connectivity index (χ3v) is 1.86. The van der Waals surface area contributed by atoms with Gasteiger partial charge in [-0.25, -0.2) is 18.4 Å². The molecule has 0 bridgehead atoms. The fraction of sp³-hybridized carbons (Fsp3) is 0. The van der Waals surface area contributed by atoms with Gasteiger partial charge in [0, 0.05) is 5.69 Å². The van der Waals surface area contributed by atoms with Gasteiger partial charge in [0.05, 0.1) is 0 Å². The Morgan fingerprint density at radius 2 is 1.94 bits per heavy atom. The second-order valence-electron chi connectivity index (χ2n) is 2.96.